The van der Waals surface area contributed by atoms with Crippen LogP contribution in [-0.2, 0) is 6.18 Å². The molecule has 2 aromatic rings. The maximum atomic E-state index is 12.9. The molecular weight excluding hydrogens is 357 g/mol. The molecule has 1 aliphatic heterocycles. The lowest BCUT2D eigenvalue weighted by atomic mass is 10.0. The number of rotatable bonds is 3. The Morgan fingerprint density at radius 3 is 2.44 bits per heavy atom. The molecule has 0 aliphatic carbocycles. The minimum atomic E-state index is -4.55. The van der Waals surface area contributed by atoms with Gasteiger partial charge in [0.1, 0.15) is 29.2 Å². The standard InChI is InChI=1S/C18H19F3N6/c1-11-9-16(24-12(2)23-11)27-7-5-14(6-8-27)25-17-13(10-22)3-4-15(26-17)18(19,20)21/h3-4,9,14H,5-8H2,1-2H3,(H,25,26). The second kappa shape index (κ2) is 7.39. The van der Waals surface area contributed by atoms with E-state index < -0.39 is 11.9 Å². The Kier molecular flexibility index (Phi) is 5.17. The molecule has 1 aliphatic rings. The Hall–Kier alpha value is -2.89. The number of nitrogens with one attached hydrogen (secondary N) is 1. The van der Waals surface area contributed by atoms with Crippen molar-refractivity contribution in [3.63, 3.8) is 0 Å². The molecule has 9 heteroatoms. The minimum absolute atomic E-state index is 0.0144. The monoisotopic (exact) mass is 376 g/mol. The van der Waals surface area contributed by atoms with Crippen molar-refractivity contribution in [3.05, 3.63) is 41.0 Å². The first-order valence-corrected chi connectivity index (χ1v) is 8.58. The highest BCUT2D eigenvalue weighted by Gasteiger charge is 2.33. The number of nitriles is 1. The van der Waals surface area contributed by atoms with E-state index in [0.717, 1.165) is 23.6 Å². The van der Waals surface area contributed by atoms with Crippen LogP contribution in [0.25, 0.3) is 0 Å². The average Bonchev–Trinajstić information content (AvgIpc) is 2.60. The number of piperidine rings is 1. The van der Waals surface area contributed by atoms with Crippen LogP contribution in [0.3, 0.4) is 0 Å². The first-order valence-electron chi connectivity index (χ1n) is 8.58. The predicted molar refractivity (Wildman–Crippen MR) is 94.3 cm³/mol. The minimum Gasteiger partial charge on any atom is -0.366 e. The van der Waals surface area contributed by atoms with Crippen molar-refractivity contribution in [1.29, 1.82) is 5.26 Å². The quantitative estimate of drug-likeness (QED) is 0.884. The van der Waals surface area contributed by atoms with Crippen LogP contribution in [0.4, 0.5) is 24.8 Å². The highest BCUT2D eigenvalue weighted by Crippen LogP contribution is 2.30. The predicted octanol–water partition coefficient (Wildman–Crippen LogP) is 3.46. The number of hydrogen-bond acceptors (Lipinski definition) is 6. The third-order valence-corrected chi connectivity index (χ3v) is 4.42. The van der Waals surface area contributed by atoms with Gasteiger partial charge < -0.3 is 10.2 Å². The van der Waals surface area contributed by atoms with Crippen LogP contribution >= 0.6 is 0 Å². The van der Waals surface area contributed by atoms with Gasteiger partial charge in [-0.25, -0.2) is 15.0 Å². The zero-order valence-corrected chi connectivity index (χ0v) is 15.0. The van der Waals surface area contributed by atoms with Gasteiger partial charge in [-0.15, -0.1) is 0 Å². The highest BCUT2D eigenvalue weighted by atomic mass is 19.4. The van der Waals surface area contributed by atoms with Crippen LogP contribution in [-0.4, -0.2) is 34.1 Å². The van der Waals surface area contributed by atoms with Crippen LogP contribution in [0.2, 0.25) is 0 Å². The van der Waals surface area contributed by atoms with Crippen molar-refractivity contribution < 1.29 is 13.2 Å². The molecule has 6 nitrogen and oxygen atoms in total. The molecule has 1 saturated heterocycles. The van der Waals surface area contributed by atoms with E-state index in [1.165, 1.54) is 0 Å². The molecule has 1 N–H and O–H groups in total. The van der Waals surface area contributed by atoms with Crippen molar-refractivity contribution in [2.75, 3.05) is 23.3 Å². The maximum absolute atomic E-state index is 12.9. The fourth-order valence-electron chi connectivity index (χ4n) is 3.12. The van der Waals surface area contributed by atoms with E-state index in [2.05, 4.69) is 25.2 Å². The number of alkyl halides is 3. The third-order valence-electron chi connectivity index (χ3n) is 4.42. The summed E-state index contributed by atoms with van der Waals surface area (Å²) in [6.07, 6.45) is -3.15. The number of nitrogens with zero attached hydrogens (tertiary/aromatic N) is 5. The Bertz CT molecular complexity index is 846. The number of aryl methyl sites for hydroxylation is 2. The zero-order valence-electron chi connectivity index (χ0n) is 15.0. The number of pyridine rings is 1. The van der Waals surface area contributed by atoms with E-state index in [1.807, 2.05) is 26.0 Å². The largest absolute Gasteiger partial charge is 0.433 e. The van der Waals surface area contributed by atoms with Crippen LogP contribution in [0.15, 0.2) is 18.2 Å². The Balaban J connectivity index is 1.70. The third kappa shape index (κ3) is 4.45. The number of anilines is 2. The fourth-order valence-corrected chi connectivity index (χ4v) is 3.12. The smallest absolute Gasteiger partial charge is 0.366 e. The van der Waals surface area contributed by atoms with Gasteiger partial charge in [-0.05, 0) is 38.8 Å². The summed E-state index contributed by atoms with van der Waals surface area (Å²) >= 11 is 0. The molecule has 0 aromatic carbocycles. The molecule has 0 bridgehead atoms. The van der Waals surface area contributed by atoms with Crippen LogP contribution in [0.1, 0.15) is 35.6 Å². The highest BCUT2D eigenvalue weighted by molar-refractivity contribution is 5.53. The second-order valence-corrected chi connectivity index (χ2v) is 6.52. The molecule has 3 heterocycles. The number of aromatic nitrogens is 3. The summed E-state index contributed by atoms with van der Waals surface area (Å²) in [5.74, 6) is 1.55. The lowest BCUT2D eigenvalue weighted by Crippen LogP contribution is -2.40. The van der Waals surface area contributed by atoms with Gasteiger partial charge in [0.25, 0.3) is 0 Å². The SMILES string of the molecule is Cc1cc(N2CCC(Nc3nc(C(F)(F)F)ccc3C#N)CC2)nc(C)n1. The van der Waals surface area contributed by atoms with E-state index in [4.69, 9.17) is 5.26 Å². The van der Waals surface area contributed by atoms with E-state index >= 15 is 0 Å². The Labute approximate surface area is 155 Å². The molecule has 0 saturated carbocycles. The summed E-state index contributed by atoms with van der Waals surface area (Å²) in [7, 11) is 0. The van der Waals surface area contributed by atoms with Gasteiger partial charge >= 0.3 is 6.18 Å². The van der Waals surface area contributed by atoms with Gasteiger partial charge in [-0.1, -0.05) is 0 Å². The topological polar surface area (TPSA) is 77.7 Å². The molecule has 1 fully saturated rings. The van der Waals surface area contributed by atoms with E-state index in [-0.39, 0.29) is 17.4 Å². The molecule has 27 heavy (non-hydrogen) atoms. The first kappa shape index (κ1) is 18.9. The van der Waals surface area contributed by atoms with Crippen molar-refractivity contribution >= 4 is 11.6 Å². The van der Waals surface area contributed by atoms with Crippen LogP contribution in [0.5, 0.6) is 0 Å². The summed E-state index contributed by atoms with van der Waals surface area (Å²) in [6.45, 7) is 5.16. The van der Waals surface area contributed by atoms with Gasteiger partial charge in [-0.2, -0.15) is 18.4 Å². The number of hydrogen-bond donors (Lipinski definition) is 1. The summed E-state index contributed by atoms with van der Waals surface area (Å²) in [5.41, 5.74) is -0.00886. The van der Waals surface area contributed by atoms with Gasteiger partial charge in [-0.3, -0.25) is 0 Å². The number of halogens is 3. The Morgan fingerprint density at radius 2 is 1.85 bits per heavy atom. The molecule has 142 valence electrons. The molecule has 3 rings (SSSR count). The second-order valence-electron chi connectivity index (χ2n) is 6.52. The average molecular weight is 376 g/mol. The van der Waals surface area contributed by atoms with E-state index in [0.29, 0.717) is 31.8 Å². The van der Waals surface area contributed by atoms with Crippen LogP contribution < -0.4 is 10.2 Å². The fraction of sp³-hybridized carbons (Fsp3) is 0.444. The van der Waals surface area contributed by atoms with E-state index in [1.54, 1.807) is 0 Å². The summed E-state index contributed by atoms with van der Waals surface area (Å²) in [5, 5.41) is 12.2. The molecular formula is C18H19F3N6. The molecule has 0 atom stereocenters. The van der Waals surface area contributed by atoms with Crippen molar-refractivity contribution in [1.82, 2.24) is 15.0 Å². The van der Waals surface area contributed by atoms with E-state index in [9.17, 15) is 13.2 Å². The normalized spacial score (nSPS) is 15.5. The van der Waals surface area contributed by atoms with Crippen molar-refractivity contribution in [3.8, 4) is 6.07 Å². The summed E-state index contributed by atoms with van der Waals surface area (Å²) in [6, 6.07) is 5.73. The Morgan fingerprint density at radius 1 is 1.15 bits per heavy atom. The lowest BCUT2D eigenvalue weighted by Gasteiger charge is -2.33. The molecule has 2 aromatic heterocycles. The van der Waals surface area contributed by atoms with Gasteiger partial charge in [0.2, 0.25) is 0 Å². The molecule has 0 unspecified atom stereocenters. The summed E-state index contributed by atoms with van der Waals surface area (Å²) < 4.78 is 38.7. The lowest BCUT2D eigenvalue weighted by molar-refractivity contribution is -0.141. The van der Waals surface area contributed by atoms with Crippen molar-refractivity contribution in [2.24, 2.45) is 0 Å². The first-order chi connectivity index (χ1) is 12.8. The van der Waals surface area contributed by atoms with Gasteiger partial charge in [0.05, 0.1) is 5.56 Å². The maximum Gasteiger partial charge on any atom is 0.433 e. The van der Waals surface area contributed by atoms with Gasteiger partial charge in [0, 0.05) is 30.9 Å². The van der Waals surface area contributed by atoms with Crippen molar-refractivity contribution in [2.45, 2.75) is 38.9 Å². The molecule has 0 spiro atoms. The summed E-state index contributed by atoms with van der Waals surface area (Å²) in [4.78, 5) is 14.5. The van der Waals surface area contributed by atoms with Crippen LogP contribution in [0, 0.1) is 25.2 Å². The molecule has 0 amide bonds. The van der Waals surface area contributed by atoms with Gasteiger partial charge in [0.15, 0.2) is 0 Å². The molecule has 0 radical (unpaired) electrons. The zero-order chi connectivity index (χ0) is 19.6.